The van der Waals surface area contributed by atoms with E-state index in [1.807, 2.05) is 0 Å². The summed E-state index contributed by atoms with van der Waals surface area (Å²) >= 11 is 0.169. The molecule has 0 radical (unpaired) electrons. The van der Waals surface area contributed by atoms with Gasteiger partial charge in [-0.1, -0.05) is 36.6 Å². The lowest BCUT2D eigenvalue weighted by atomic mass is 9.97. The number of hydrogen-bond donors (Lipinski definition) is 0. The fourth-order valence-corrected chi connectivity index (χ4v) is 3.07. The average molecular weight is 302 g/mol. The van der Waals surface area contributed by atoms with Gasteiger partial charge < -0.3 is 0 Å². The Bertz CT molecular complexity index is 315. The van der Waals surface area contributed by atoms with E-state index in [0.717, 1.165) is 6.42 Å². The standard InChI is InChI=1S/C13H19I/c1-5-12-8-13(7-6-10(12)2)11(3)9-14-4/h6-8,11H,4-5,9H2,1-3H3/t11-/m1/s1. The van der Waals surface area contributed by atoms with E-state index < -0.39 is 0 Å². The van der Waals surface area contributed by atoms with Gasteiger partial charge in [0.2, 0.25) is 0 Å². The molecule has 1 atom stereocenters. The van der Waals surface area contributed by atoms with Crippen molar-refractivity contribution in [2.45, 2.75) is 33.1 Å². The summed E-state index contributed by atoms with van der Waals surface area (Å²) in [5.74, 6) is 0.700. The van der Waals surface area contributed by atoms with Gasteiger partial charge in [0.25, 0.3) is 0 Å². The van der Waals surface area contributed by atoms with Crippen LogP contribution >= 0.6 is 20.7 Å². The van der Waals surface area contributed by atoms with Gasteiger partial charge in [0.1, 0.15) is 0 Å². The molecule has 0 aliphatic heterocycles. The highest BCUT2D eigenvalue weighted by molar-refractivity contribution is 14.2. The van der Waals surface area contributed by atoms with Crippen LogP contribution in [-0.4, -0.2) is 8.94 Å². The number of alkyl halides is 1. The molecule has 78 valence electrons. The number of aryl methyl sites for hydroxylation is 2. The second-order valence-corrected chi connectivity index (χ2v) is 5.74. The van der Waals surface area contributed by atoms with E-state index in [1.54, 1.807) is 0 Å². The van der Waals surface area contributed by atoms with Crippen molar-refractivity contribution in [3.63, 3.8) is 0 Å². The first-order valence-electron chi connectivity index (χ1n) is 5.11. The summed E-state index contributed by atoms with van der Waals surface area (Å²) in [6.07, 6.45) is 1.14. The van der Waals surface area contributed by atoms with Crippen molar-refractivity contribution >= 4 is 25.2 Å². The summed E-state index contributed by atoms with van der Waals surface area (Å²) in [5, 5.41) is 0. The van der Waals surface area contributed by atoms with Gasteiger partial charge >= 0.3 is 0 Å². The zero-order valence-corrected chi connectivity index (χ0v) is 11.5. The second kappa shape index (κ2) is 5.64. The molecule has 1 aromatic carbocycles. The van der Waals surface area contributed by atoms with E-state index in [-0.39, 0.29) is 20.7 Å². The lowest BCUT2D eigenvalue weighted by Crippen LogP contribution is -1.97. The molecule has 0 fully saturated rings. The molecular formula is C13H19I. The molecule has 1 heteroatoms. The fourth-order valence-electron chi connectivity index (χ4n) is 1.63. The normalized spacial score (nSPS) is 12.8. The van der Waals surface area contributed by atoms with Crippen molar-refractivity contribution in [1.29, 1.82) is 0 Å². The number of halogens is 1. The van der Waals surface area contributed by atoms with Crippen LogP contribution in [0.15, 0.2) is 18.2 Å². The van der Waals surface area contributed by atoms with Gasteiger partial charge in [0.15, 0.2) is 0 Å². The van der Waals surface area contributed by atoms with Crippen molar-refractivity contribution in [3.8, 4) is 0 Å². The molecule has 14 heavy (non-hydrogen) atoms. The number of benzene rings is 1. The first-order valence-corrected chi connectivity index (χ1v) is 8.16. The van der Waals surface area contributed by atoms with E-state index in [2.05, 4.69) is 43.5 Å². The fraction of sp³-hybridized carbons (Fsp3) is 0.462. The third-order valence-corrected chi connectivity index (χ3v) is 4.61. The Morgan fingerprint density at radius 3 is 2.71 bits per heavy atom. The number of hydrogen-bond acceptors (Lipinski definition) is 0. The van der Waals surface area contributed by atoms with Crippen molar-refractivity contribution in [2.24, 2.45) is 0 Å². The van der Waals surface area contributed by atoms with Crippen LogP contribution in [0.1, 0.15) is 36.5 Å². The summed E-state index contributed by atoms with van der Waals surface area (Å²) in [6.45, 7) is 6.74. The minimum Gasteiger partial charge on any atom is -0.130 e. The van der Waals surface area contributed by atoms with Crippen molar-refractivity contribution in [1.82, 2.24) is 0 Å². The van der Waals surface area contributed by atoms with E-state index >= 15 is 0 Å². The molecule has 0 heterocycles. The molecule has 0 bridgehead atoms. The third kappa shape index (κ3) is 2.91. The Morgan fingerprint density at radius 1 is 1.43 bits per heavy atom. The molecule has 0 saturated carbocycles. The van der Waals surface area contributed by atoms with E-state index in [4.69, 9.17) is 0 Å². The van der Waals surface area contributed by atoms with Crippen molar-refractivity contribution in [2.75, 3.05) is 4.43 Å². The average Bonchev–Trinajstić information content (AvgIpc) is 2.19. The zero-order chi connectivity index (χ0) is 10.6. The van der Waals surface area contributed by atoms with Gasteiger partial charge in [-0.3, -0.25) is 0 Å². The largest absolute Gasteiger partial charge is 0.130 e. The van der Waals surface area contributed by atoms with Gasteiger partial charge in [-0.25, -0.2) is 0 Å². The predicted octanol–water partition coefficient (Wildman–Crippen LogP) is 4.06. The first kappa shape index (κ1) is 11.9. The van der Waals surface area contributed by atoms with Crippen molar-refractivity contribution in [3.05, 3.63) is 34.9 Å². The molecule has 0 N–H and O–H groups in total. The lowest BCUT2D eigenvalue weighted by molar-refractivity contribution is 0.888. The lowest BCUT2D eigenvalue weighted by Gasteiger charge is -2.12. The molecule has 0 aliphatic rings. The summed E-state index contributed by atoms with van der Waals surface area (Å²) in [5.41, 5.74) is 4.42. The monoisotopic (exact) mass is 302 g/mol. The maximum Gasteiger partial charge on any atom is 0.000872 e. The van der Waals surface area contributed by atoms with Gasteiger partial charge in [0.05, 0.1) is 0 Å². The van der Waals surface area contributed by atoms with E-state index in [9.17, 15) is 0 Å². The number of rotatable bonds is 4. The molecule has 0 saturated heterocycles. The van der Waals surface area contributed by atoms with Crippen LogP contribution in [0.3, 0.4) is 0 Å². The topological polar surface area (TPSA) is 0 Å². The quantitative estimate of drug-likeness (QED) is 0.581. The Kier molecular flexibility index (Phi) is 4.79. The van der Waals surface area contributed by atoms with Crippen LogP contribution in [0.5, 0.6) is 0 Å². The van der Waals surface area contributed by atoms with Gasteiger partial charge in [-0.15, -0.1) is 20.7 Å². The molecule has 0 aliphatic carbocycles. The Labute approximate surface area is 97.5 Å². The molecule has 0 spiro atoms. The highest BCUT2D eigenvalue weighted by Crippen LogP contribution is 2.22. The maximum absolute atomic E-state index is 4.02. The Hall–Kier alpha value is -0.180. The summed E-state index contributed by atoms with van der Waals surface area (Å²) in [4.78, 5) is 0. The first-order chi connectivity index (χ1) is 6.69. The van der Waals surface area contributed by atoms with E-state index in [0.29, 0.717) is 5.92 Å². The van der Waals surface area contributed by atoms with Crippen LogP contribution in [-0.2, 0) is 6.42 Å². The van der Waals surface area contributed by atoms with Gasteiger partial charge in [-0.05, 0) is 36.0 Å². The summed E-state index contributed by atoms with van der Waals surface area (Å²) in [7, 11) is 0. The van der Waals surface area contributed by atoms with Crippen LogP contribution in [0.4, 0.5) is 0 Å². The van der Waals surface area contributed by atoms with Crippen LogP contribution in [0, 0.1) is 6.92 Å². The Balaban J connectivity index is 2.93. The molecule has 0 aromatic heterocycles. The smallest absolute Gasteiger partial charge is 0.000872 e. The summed E-state index contributed by atoms with van der Waals surface area (Å²) in [6, 6.07) is 6.91. The van der Waals surface area contributed by atoms with Crippen LogP contribution in [0.2, 0.25) is 0 Å². The van der Waals surface area contributed by atoms with Crippen molar-refractivity contribution < 1.29 is 0 Å². The van der Waals surface area contributed by atoms with Crippen LogP contribution in [0.25, 0.3) is 0 Å². The summed E-state index contributed by atoms with van der Waals surface area (Å²) < 4.78 is 5.32. The molecular weight excluding hydrogens is 283 g/mol. The highest BCUT2D eigenvalue weighted by Gasteiger charge is 2.05. The predicted molar refractivity (Wildman–Crippen MR) is 75.0 cm³/mol. The van der Waals surface area contributed by atoms with Gasteiger partial charge in [0, 0.05) is 4.43 Å². The third-order valence-electron chi connectivity index (χ3n) is 2.66. The molecule has 0 nitrogen and oxygen atoms in total. The molecule has 1 aromatic rings. The second-order valence-electron chi connectivity index (χ2n) is 3.78. The molecule has 0 amide bonds. The highest BCUT2D eigenvalue weighted by atomic mass is 127. The van der Waals surface area contributed by atoms with Crippen LogP contribution < -0.4 is 0 Å². The zero-order valence-electron chi connectivity index (χ0n) is 9.31. The molecule has 0 unspecified atom stereocenters. The Morgan fingerprint density at radius 2 is 2.14 bits per heavy atom. The minimum absolute atomic E-state index is 0.169. The molecule has 1 rings (SSSR count). The maximum atomic E-state index is 4.02. The van der Waals surface area contributed by atoms with E-state index in [1.165, 1.54) is 21.1 Å². The van der Waals surface area contributed by atoms with Gasteiger partial charge in [-0.2, -0.15) is 0 Å². The minimum atomic E-state index is 0.169. The SMILES string of the molecule is C=IC[C@@H](C)c1ccc(C)c(CC)c1.